The molecule has 0 saturated carbocycles. The fraction of sp³-hybridized carbons (Fsp3) is 0.346. The first-order valence-corrected chi connectivity index (χ1v) is 11.9. The van der Waals surface area contributed by atoms with Gasteiger partial charge in [0.2, 0.25) is 0 Å². The number of pyridine rings is 1. The van der Waals surface area contributed by atoms with Crippen molar-refractivity contribution < 1.29 is 17.6 Å². The fourth-order valence-corrected chi connectivity index (χ4v) is 5.01. The molecule has 0 amide bonds. The molecule has 0 bridgehead atoms. The van der Waals surface area contributed by atoms with Crippen LogP contribution in [-0.2, 0) is 12.7 Å². The Bertz CT molecular complexity index is 1510. The maximum Gasteiger partial charge on any atom is 0.435 e. The average Bonchev–Trinajstić information content (AvgIpc) is 2.86. The van der Waals surface area contributed by atoms with E-state index in [9.17, 15) is 22.4 Å². The molecule has 5 rings (SSSR count). The second-order valence-corrected chi connectivity index (χ2v) is 9.22. The zero-order valence-electron chi connectivity index (χ0n) is 20.3. The van der Waals surface area contributed by atoms with Crippen LogP contribution in [0.1, 0.15) is 47.0 Å². The van der Waals surface area contributed by atoms with Crippen LogP contribution in [-0.4, -0.2) is 37.6 Å². The molecule has 0 aliphatic carbocycles. The van der Waals surface area contributed by atoms with Gasteiger partial charge >= 0.3 is 6.18 Å². The first-order valence-electron chi connectivity index (χ1n) is 11.9. The summed E-state index contributed by atoms with van der Waals surface area (Å²) in [5.41, 5.74) is 0.940. The third-order valence-electron chi connectivity index (χ3n) is 6.76. The number of benzene rings is 1. The summed E-state index contributed by atoms with van der Waals surface area (Å²) in [6.45, 7) is 4.08. The van der Waals surface area contributed by atoms with E-state index in [-0.39, 0.29) is 23.1 Å². The number of halogens is 4. The molecular formula is C26H24F4N6O. The highest BCUT2D eigenvalue weighted by atomic mass is 19.4. The van der Waals surface area contributed by atoms with Crippen LogP contribution in [0.25, 0.3) is 11.2 Å². The molecule has 4 aromatic rings. The van der Waals surface area contributed by atoms with Crippen LogP contribution in [0.2, 0.25) is 0 Å². The van der Waals surface area contributed by atoms with Crippen molar-refractivity contribution >= 4 is 16.9 Å². The molecule has 192 valence electrons. The molecule has 0 N–H and O–H groups in total. The van der Waals surface area contributed by atoms with Crippen LogP contribution in [0.3, 0.4) is 0 Å². The quantitative estimate of drug-likeness (QED) is 0.366. The Morgan fingerprint density at radius 1 is 1.05 bits per heavy atom. The fourth-order valence-electron chi connectivity index (χ4n) is 5.01. The summed E-state index contributed by atoms with van der Waals surface area (Å²) in [6.07, 6.45) is 0.192. The molecule has 0 radical (unpaired) electrons. The van der Waals surface area contributed by atoms with Gasteiger partial charge in [-0.1, -0.05) is 12.1 Å². The van der Waals surface area contributed by atoms with E-state index in [2.05, 4.69) is 19.9 Å². The lowest BCUT2D eigenvalue weighted by Gasteiger charge is -2.34. The molecule has 3 aromatic heterocycles. The van der Waals surface area contributed by atoms with Crippen molar-refractivity contribution in [3.63, 3.8) is 0 Å². The summed E-state index contributed by atoms with van der Waals surface area (Å²) in [6, 6.07) is 6.65. The van der Waals surface area contributed by atoms with E-state index in [1.54, 1.807) is 19.1 Å². The lowest BCUT2D eigenvalue weighted by Crippen LogP contribution is -2.38. The minimum absolute atomic E-state index is 0.0107. The van der Waals surface area contributed by atoms with Crippen LogP contribution >= 0.6 is 0 Å². The van der Waals surface area contributed by atoms with Gasteiger partial charge < -0.3 is 4.90 Å². The monoisotopic (exact) mass is 512 g/mol. The van der Waals surface area contributed by atoms with Gasteiger partial charge in [0, 0.05) is 31.7 Å². The van der Waals surface area contributed by atoms with Gasteiger partial charge in [-0.15, -0.1) is 0 Å². The number of rotatable bonds is 4. The van der Waals surface area contributed by atoms with Gasteiger partial charge in [-0.3, -0.25) is 19.3 Å². The van der Waals surface area contributed by atoms with E-state index < -0.39 is 24.0 Å². The predicted octanol–water partition coefficient (Wildman–Crippen LogP) is 4.79. The standard InChI is InChI=1S/C26H24F4N6O/c1-15-4-3-5-18(27)22(15)17-6-10-35(11-7-17)21-12-19-24(34-16(2)13-33-19)36(25(21)37)14-20-23(26(28,29)30)32-9-8-31-20/h3-5,8-9,12-13,17H,6-7,10-11,14H2,1-2H3. The number of anilines is 1. The number of hydrogen-bond acceptors (Lipinski definition) is 6. The van der Waals surface area contributed by atoms with Crippen molar-refractivity contribution in [1.29, 1.82) is 0 Å². The summed E-state index contributed by atoms with van der Waals surface area (Å²) in [5, 5.41) is 0. The van der Waals surface area contributed by atoms with E-state index in [4.69, 9.17) is 0 Å². The highest BCUT2D eigenvalue weighted by Gasteiger charge is 2.36. The van der Waals surface area contributed by atoms with E-state index in [1.165, 1.54) is 16.8 Å². The van der Waals surface area contributed by atoms with E-state index in [1.807, 2.05) is 17.9 Å². The van der Waals surface area contributed by atoms with Crippen molar-refractivity contribution in [2.24, 2.45) is 0 Å². The molecular weight excluding hydrogens is 488 g/mol. The largest absolute Gasteiger partial charge is 0.435 e. The van der Waals surface area contributed by atoms with Gasteiger partial charge in [-0.05, 0) is 55.9 Å². The third-order valence-corrected chi connectivity index (χ3v) is 6.76. The van der Waals surface area contributed by atoms with Crippen molar-refractivity contribution in [3.05, 3.63) is 87.2 Å². The second kappa shape index (κ2) is 9.53. The van der Waals surface area contributed by atoms with Crippen molar-refractivity contribution in [1.82, 2.24) is 24.5 Å². The number of hydrogen-bond donors (Lipinski definition) is 0. The number of alkyl halides is 3. The molecule has 1 saturated heterocycles. The Balaban J connectivity index is 1.53. The summed E-state index contributed by atoms with van der Waals surface area (Å²) in [4.78, 5) is 31.7. The summed E-state index contributed by atoms with van der Waals surface area (Å²) < 4.78 is 56.4. The molecule has 1 aliphatic heterocycles. The van der Waals surface area contributed by atoms with Crippen molar-refractivity contribution in [2.45, 2.75) is 45.3 Å². The van der Waals surface area contributed by atoms with Crippen LogP contribution in [0.15, 0.2) is 47.7 Å². The minimum Gasteiger partial charge on any atom is -0.367 e. The maximum atomic E-state index is 14.5. The SMILES string of the molecule is Cc1cnc2cc(N3CCC(c4c(C)cccc4F)CC3)c(=O)n(Cc3nccnc3C(F)(F)F)c2n1. The Kier molecular flexibility index (Phi) is 6.38. The van der Waals surface area contributed by atoms with Gasteiger partial charge in [0.1, 0.15) is 17.0 Å². The van der Waals surface area contributed by atoms with Gasteiger partial charge in [0.15, 0.2) is 11.3 Å². The number of fused-ring (bicyclic) bond motifs is 1. The molecule has 7 nitrogen and oxygen atoms in total. The van der Waals surface area contributed by atoms with E-state index >= 15 is 0 Å². The highest BCUT2D eigenvalue weighted by molar-refractivity contribution is 5.75. The molecule has 4 heterocycles. The van der Waals surface area contributed by atoms with E-state index in [0.29, 0.717) is 48.4 Å². The summed E-state index contributed by atoms with van der Waals surface area (Å²) in [7, 11) is 0. The van der Waals surface area contributed by atoms with Crippen LogP contribution in [0.5, 0.6) is 0 Å². The predicted molar refractivity (Wildman–Crippen MR) is 130 cm³/mol. The molecule has 1 aliphatic rings. The summed E-state index contributed by atoms with van der Waals surface area (Å²) >= 11 is 0. The van der Waals surface area contributed by atoms with Crippen LogP contribution in [0, 0.1) is 19.7 Å². The Labute approximate surface area is 209 Å². The number of aromatic nitrogens is 5. The number of aryl methyl sites for hydroxylation is 2. The highest BCUT2D eigenvalue weighted by Crippen LogP contribution is 2.34. The number of piperidine rings is 1. The van der Waals surface area contributed by atoms with E-state index in [0.717, 1.165) is 18.0 Å². The Morgan fingerprint density at radius 2 is 1.78 bits per heavy atom. The molecule has 37 heavy (non-hydrogen) atoms. The van der Waals surface area contributed by atoms with Gasteiger partial charge in [0.25, 0.3) is 5.56 Å². The molecule has 11 heteroatoms. The smallest absolute Gasteiger partial charge is 0.367 e. The third kappa shape index (κ3) is 4.77. The lowest BCUT2D eigenvalue weighted by molar-refractivity contribution is -0.142. The molecule has 0 spiro atoms. The van der Waals surface area contributed by atoms with Crippen LogP contribution in [0.4, 0.5) is 23.2 Å². The topological polar surface area (TPSA) is 76.8 Å². The zero-order valence-corrected chi connectivity index (χ0v) is 20.3. The molecule has 1 fully saturated rings. The normalized spacial score (nSPS) is 14.9. The molecule has 0 atom stereocenters. The van der Waals surface area contributed by atoms with Gasteiger partial charge in [-0.2, -0.15) is 13.2 Å². The first-order chi connectivity index (χ1) is 17.6. The zero-order chi connectivity index (χ0) is 26.3. The number of nitrogens with zero attached hydrogens (tertiary/aromatic N) is 6. The van der Waals surface area contributed by atoms with Gasteiger partial charge in [-0.25, -0.2) is 14.4 Å². The molecule has 0 unspecified atom stereocenters. The second-order valence-electron chi connectivity index (χ2n) is 9.22. The Hall–Kier alpha value is -3.89. The lowest BCUT2D eigenvalue weighted by atomic mass is 9.86. The van der Waals surface area contributed by atoms with Gasteiger partial charge in [0.05, 0.1) is 17.9 Å². The van der Waals surface area contributed by atoms with Crippen molar-refractivity contribution in [2.75, 3.05) is 18.0 Å². The maximum absolute atomic E-state index is 14.5. The summed E-state index contributed by atoms with van der Waals surface area (Å²) in [5.74, 6) is -0.224. The molecule has 1 aromatic carbocycles. The van der Waals surface area contributed by atoms with Crippen molar-refractivity contribution in [3.8, 4) is 0 Å². The van der Waals surface area contributed by atoms with Crippen LogP contribution < -0.4 is 10.5 Å². The average molecular weight is 513 g/mol. The Morgan fingerprint density at radius 3 is 2.49 bits per heavy atom. The first kappa shape index (κ1) is 24.8. The minimum atomic E-state index is -4.73.